The highest BCUT2D eigenvalue weighted by atomic mass is 32.2. The van der Waals surface area contributed by atoms with Crippen molar-refractivity contribution in [1.82, 2.24) is 4.72 Å². The third-order valence-electron chi connectivity index (χ3n) is 3.54. The molecule has 0 spiro atoms. The number of amides is 1. The topological polar surface area (TPSA) is 78.9 Å². The Morgan fingerprint density at radius 1 is 1.38 bits per heavy atom. The van der Waals surface area contributed by atoms with Crippen molar-refractivity contribution in [2.24, 2.45) is 0 Å². The largest absolute Gasteiger partial charge is 0.395 e. The molecule has 1 aliphatic carbocycles. The van der Waals surface area contributed by atoms with Gasteiger partial charge in [0.15, 0.2) is 5.67 Å². The van der Waals surface area contributed by atoms with Gasteiger partial charge in [-0.1, -0.05) is 6.42 Å². The third kappa shape index (κ3) is 3.45. The van der Waals surface area contributed by atoms with E-state index < -0.39 is 17.4 Å². The molecule has 0 atom stereocenters. The number of rotatable bonds is 3. The zero-order valence-electron chi connectivity index (χ0n) is 11.3. The molecular weight excluding hydrogens is 296 g/mol. The Balaban J connectivity index is 2.05. The summed E-state index contributed by atoms with van der Waals surface area (Å²) in [4.78, 5) is 12.2. The number of carbonyl (C=O) groups is 1. The maximum absolute atomic E-state index is 14.4. The van der Waals surface area contributed by atoms with E-state index in [1.165, 1.54) is 6.07 Å². The highest BCUT2D eigenvalue weighted by Crippen LogP contribution is 2.33. The van der Waals surface area contributed by atoms with E-state index in [-0.39, 0.29) is 24.1 Å². The summed E-state index contributed by atoms with van der Waals surface area (Å²) in [5.74, 6) is -1.44. The molecule has 2 rings (SSSR count). The summed E-state index contributed by atoms with van der Waals surface area (Å²) in [5.41, 5.74) is 3.30. The molecule has 0 aromatic heterocycles. The first-order valence-electron chi connectivity index (χ1n) is 6.61. The minimum Gasteiger partial charge on any atom is -0.395 e. The molecule has 0 bridgehead atoms. The summed E-state index contributed by atoms with van der Waals surface area (Å²) < 4.78 is 30.3. The van der Waals surface area contributed by atoms with Gasteiger partial charge in [0, 0.05) is 4.90 Å². The van der Waals surface area contributed by atoms with Gasteiger partial charge in [-0.25, -0.2) is 8.78 Å². The van der Waals surface area contributed by atoms with Gasteiger partial charge in [0.05, 0.1) is 11.3 Å². The lowest BCUT2D eigenvalue weighted by Gasteiger charge is -2.27. The lowest BCUT2D eigenvalue weighted by Crippen LogP contribution is -2.42. The van der Waals surface area contributed by atoms with Crippen LogP contribution in [0, 0.1) is 17.1 Å². The SMILES string of the molecule is N#Cc1cc(SNC(=O)C2(F)CCCCC2)cc(F)c1N. The number of nitrogen functional groups attached to an aromatic ring is 1. The fourth-order valence-electron chi connectivity index (χ4n) is 2.28. The monoisotopic (exact) mass is 311 g/mol. The number of benzene rings is 1. The minimum atomic E-state index is -1.85. The standard InChI is InChI=1S/C14H15F2N3OS/c15-11-7-10(6-9(8-17)12(11)18)21-19-13(20)14(16)4-2-1-3-5-14/h6-7H,1-5,18H2,(H,19,20). The lowest BCUT2D eigenvalue weighted by atomic mass is 9.86. The van der Waals surface area contributed by atoms with Gasteiger partial charge in [-0.2, -0.15) is 5.26 Å². The maximum Gasteiger partial charge on any atom is 0.267 e. The minimum absolute atomic E-state index is 0.0145. The molecular formula is C14H15F2N3OS. The highest BCUT2D eigenvalue weighted by Gasteiger charge is 2.39. The van der Waals surface area contributed by atoms with E-state index in [4.69, 9.17) is 11.0 Å². The summed E-state index contributed by atoms with van der Waals surface area (Å²) in [6, 6.07) is 4.23. The van der Waals surface area contributed by atoms with Crippen LogP contribution in [-0.2, 0) is 4.79 Å². The van der Waals surface area contributed by atoms with Gasteiger partial charge in [-0.3, -0.25) is 9.52 Å². The second-order valence-corrected chi connectivity index (χ2v) is 5.92. The molecule has 7 heteroatoms. The molecule has 21 heavy (non-hydrogen) atoms. The number of anilines is 1. The molecule has 1 aliphatic rings. The predicted octanol–water partition coefficient (Wildman–Crippen LogP) is 3.08. The fraction of sp³-hybridized carbons (Fsp3) is 0.429. The lowest BCUT2D eigenvalue weighted by molar-refractivity contribution is -0.132. The maximum atomic E-state index is 14.4. The molecule has 0 unspecified atom stereocenters. The summed E-state index contributed by atoms with van der Waals surface area (Å²) in [5, 5.41) is 8.84. The van der Waals surface area contributed by atoms with Crippen molar-refractivity contribution < 1.29 is 13.6 Å². The van der Waals surface area contributed by atoms with Crippen LogP contribution in [0.3, 0.4) is 0 Å². The summed E-state index contributed by atoms with van der Waals surface area (Å²) in [6.07, 6.45) is 2.71. The van der Waals surface area contributed by atoms with Crippen molar-refractivity contribution in [3.8, 4) is 6.07 Å². The van der Waals surface area contributed by atoms with Gasteiger partial charge >= 0.3 is 0 Å². The van der Waals surface area contributed by atoms with E-state index in [1.807, 2.05) is 0 Å². The zero-order valence-corrected chi connectivity index (χ0v) is 12.1. The van der Waals surface area contributed by atoms with Crippen LogP contribution in [-0.4, -0.2) is 11.6 Å². The number of alkyl halides is 1. The number of hydrogen-bond donors (Lipinski definition) is 2. The summed E-state index contributed by atoms with van der Waals surface area (Å²) in [7, 11) is 0. The smallest absolute Gasteiger partial charge is 0.267 e. The van der Waals surface area contributed by atoms with Gasteiger partial charge in [-0.05, 0) is 49.8 Å². The third-order valence-corrected chi connectivity index (χ3v) is 4.30. The van der Waals surface area contributed by atoms with Crippen LogP contribution in [0.4, 0.5) is 14.5 Å². The molecule has 0 radical (unpaired) electrons. The zero-order chi connectivity index (χ0) is 15.5. The highest BCUT2D eigenvalue weighted by molar-refractivity contribution is 7.98. The van der Waals surface area contributed by atoms with Crippen molar-refractivity contribution in [2.75, 3.05) is 5.73 Å². The Kier molecular flexibility index (Phi) is 4.68. The van der Waals surface area contributed by atoms with Crippen LogP contribution in [0.5, 0.6) is 0 Å². The molecule has 4 nitrogen and oxygen atoms in total. The van der Waals surface area contributed by atoms with Crippen LogP contribution >= 0.6 is 11.9 Å². The quantitative estimate of drug-likeness (QED) is 0.664. The first-order chi connectivity index (χ1) is 9.96. The van der Waals surface area contributed by atoms with Crippen LogP contribution in [0.25, 0.3) is 0 Å². The molecule has 0 heterocycles. The van der Waals surface area contributed by atoms with Crippen molar-refractivity contribution >= 4 is 23.5 Å². The number of nitrogens with one attached hydrogen (secondary N) is 1. The molecule has 1 aromatic carbocycles. The molecule has 1 saturated carbocycles. The molecule has 1 fully saturated rings. The number of hydrogen-bond acceptors (Lipinski definition) is 4. The number of nitrogens with zero attached hydrogens (tertiary/aromatic N) is 1. The second kappa shape index (κ2) is 6.31. The summed E-state index contributed by atoms with van der Waals surface area (Å²) >= 11 is 0.787. The normalized spacial score (nSPS) is 17.0. The average Bonchev–Trinajstić information content (AvgIpc) is 2.48. The Labute approximate surface area is 125 Å². The van der Waals surface area contributed by atoms with Crippen molar-refractivity contribution in [2.45, 2.75) is 42.7 Å². The molecule has 0 saturated heterocycles. The van der Waals surface area contributed by atoms with Crippen molar-refractivity contribution in [3.05, 3.63) is 23.5 Å². The van der Waals surface area contributed by atoms with Gasteiger partial charge in [0.1, 0.15) is 11.9 Å². The number of nitriles is 1. The fourth-order valence-corrected chi connectivity index (χ4v) is 3.01. The first-order valence-corrected chi connectivity index (χ1v) is 7.43. The van der Waals surface area contributed by atoms with E-state index in [1.54, 1.807) is 6.07 Å². The molecule has 3 N–H and O–H groups in total. The Morgan fingerprint density at radius 2 is 2.05 bits per heavy atom. The van der Waals surface area contributed by atoms with Gasteiger partial charge in [-0.15, -0.1) is 0 Å². The molecule has 0 aliphatic heterocycles. The van der Waals surface area contributed by atoms with Crippen LogP contribution in [0.2, 0.25) is 0 Å². The Morgan fingerprint density at radius 3 is 2.67 bits per heavy atom. The molecule has 112 valence electrons. The molecule has 1 amide bonds. The van der Waals surface area contributed by atoms with Gasteiger partial charge in [0.2, 0.25) is 0 Å². The van der Waals surface area contributed by atoms with Crippen molar-refractivity contribution in [1.29, 1.82) is 5.26 Å². The number of carbonyl (C=O) groups excluding carboxylic acids is 1. The number of halogens is 2. The van der Waals surface area contributed by atoms with Crippen LogP contribution in [0.1, 0.15) is 37.7 Å². The second-order valence-electron chi connectivity index (χ2n) is 5.04. The van der Waals surface area contributed by atoms with Crippen molar-refractivity contribution in [3.63, 3.8) is 0 Å². The van der Waals surface area contributed by atoms with Crippen LogP contribution < -0.4 is 10.5 Å². The Hall–Kier alpha value is -1.81. The van der Waals surface area contributed by atoms with E-state index in [2.05, 4.69) is 4.72 Å². The predicted molar refractivity (Wildman–Crippen MR) is 76.5 cm³/mol. The molecule has 1 aromatic rings. The van der Waals surface area contributed by atoms with Gasteiger partial charge < -0.3 is 5.73 Å². The van der Waals surface area contributed by atoms with E-state index >= 15 is 0 Å². The summed E-state index contributed by atoms with van der Waals surface area (Å²) in [6.45, 7) is 0. The average molecular weight is 311 g/mol. The van der Waals surface area contributed by atoms with Gasteiger partial charge in [0.25, 0.3) is 5.91 Å². The van der Waals surface area contributed by atoms with Crippen LogP contribution in [0.15, 0.2) is 17.0 Å². The van der Waals surface area contributed by atoms with E-state index in [9.17, 15) is 13.6 Å². The van der Waals surface area contributed by atoms with E-state index in [0.29, 0.717) is 17.7 Å². The number of nitrogens with two attached hydrogens (primary N) is 1. The first kappa shape index (κ1) is 15.6. The van der Waals surface area contributed by atoms with E-state index in [0.717, 1.165) is 24.4 Å². The Bertz CT molecular complexity index is 595.